The van der Waals surface area contributed by atoms with Crippen molar-refractivity contribution >= 4 is 17.3 Å². The summed E-state index contributed by atoms with van der Waals surface area (Å²) in [4.78, 5) is 14.2. The van der Waals surface area contributed by atoms with E-state index < -0.39 is 0 Å². The highest BCUT2D eigenvalue weighted by Crippen LogP contribution is 2.26. The summed E-state index contributed by atoms with van der Waals surface area (Å²) in [6.45, 7) is 5.76. The van der Waals surface area contributed by atoms with Crippen molar-refractivity contribution in [3.8, 4) is 5.75 Å². The Bertz CT molecular complexity index is 465. The predicted molar refractivity (Wildman–Crippen MR) is 84.6 cm³/mol. The third kappa shape index (κ3) is 5.24. The normalized spacial score (nSPS) is 12.2. The highest BCUT2D eigenvalue weighted by atomic mass is 16.5. The van der Waals surface area contributed by atoms with Crippen molar-refractivity contribution in [2.75, 3.05) is 45.0 Å². The van der Waals surface area contributed by atoms with Crippen molar-refractivity contribution < 1.29 is 14.3 Å². The fourth-order valence-electron chi connectivity index (χ4n) is 1.81. The van der Waals surface area contributed by atoms with E-state index in [2.05, 4.69) is 5.32 Å². The van der Waals surface area contributed by atoms with Crippen molar-refractivity contribution in [3.05, 3.63) is 18.2 Å². The molecule has 0 aliphatic carbocycles. The zero-order valence-corrected chi connectivity index (χ0v) is 13.2. The minimum Gasteiger partial charge on any atom is -0.495 e. The number of benzene rings is 1. The van der Waals surface area contributed by atoms with Crippen LogP contribution in [0.4, 0.5) is 11.4 Å². The first-order valence-corrected chi connectivity index (χ1v) is 7.02. The first-order valence-electron chi connectivity index (χ1n) is 7.02. The zero-order valence-electron chi connectivity index (χ0n) is 13.2. The van der Waals surface area contributed by atoms with Crippen LogP contribution in [0.5, 0.6) is 5.75 Å². The van der Waals surface area contributed by atoms with Crippen LogP contribution in [0.1, 0.15) is 13.8 Å². The van der Waals surface area contributed by atoms with E-state index in [1.165, 1.54) is 0 Å². The average molecular weight is 295 g/mol. The molecule has 0 saturated heterocycles. The van der Waals surface area contributed by atoms with Gasteiger partial charge >= 0.3 is 0 Å². The maximum atomic E-state index is 12.3. The first-order chi connectivity index (χ1) is 9.99. The molecule has 1 unspecified atom stereocenters. The molecule has 1 aromatic carbocycles. The molecule has 0 fully saturated rings. The van der Waals surface area contributed by atoms with Gasteiger partial charge in [-0.3, -0.25) is 9.69 Å². The minimum absolute atomic E-state index is 0.113. The molecule has 0 spiro atoms. The summed E-state index contributed by atoms with van der Waals surface area (Å²) < 4.78 is 10.5. The van der Waals surface area contributed by atoms with Crippen LogP contribution in [0.3, 0.4) is 0 Å². The lowest BCUT2D eigenvalue weighted by Gasteiger charge is -2.24. The van der Waals surface area contributed by atoms with Gasteiger partial charge in [0.15, 0.2) is 0 Å². The Balaban J connectivity index is 2.65. The molecule has 0 aliphatic heterocycles. The Labute approximate surface area is 126 Å². The maximum Gasteiger partial charge on any atom is 0.241 e. The second-order valence-electron chi connectivity index (χ2n) is 4.80. The van der Waals surface area contributed by atoms with Gasteiger partial charge in [-0.2, -0.15) is 0 Å². The number of carbonyl (C=O) groups is 1. The highest BCUT2D eigenvalue weighted by Gasteiger charge is 2.19. The van der Waals surface area contributed by atoms with E-state index in [9.17, 15) is 4.79 Å². The summed E-state index contributed by atoms with van der Waals surface area (Å²) in [5.74, 6) is 0.472. The second-order valence-corrected chi connectivity index (χ2v) is 4.80. The van der Waals surface area contributed by atoms with E-state index in [1.807, 2.05) is 25.8 Å². The van der Waals surface area contributed by atoms with Crippen LogP contribution in [0.15, 0.2) is 18.2 Å². The molecule has 0 radical (unpaired) electrons. The number of anilines is 2. The summed E-state index contributed by atoms with van der Waals surface area (Å²) in [7, 11) is 3.44. The Morgan fingerprint density at radius 2 is 2.19 bits per heavy atom. The Hall–Kier alpha value is -1.79. The highest BCUT2D eigenvalue weighted by molar-refractivity contribution is 5.96. The van der Waals surface area contributed by atoms with E-state index in [0.29, 0.717) is 36.9 Å². The van der Waals surface area contributed by atoms with Crippen molar-refractivity contribution in [1.82, 2.24) is 4.90 Å². The monoisotopic (exact) mass is 295 g/mol. The van der Waals surface area contributed by atoms with Crippen LogP contribution in [-0.4, -0.2) is 50.8 Å². The molecular formula is C15H25N3O3. The molecule has 1 rings (SSSR count). The largest absolute Gasteiger partial charge is 0.495 e. The van der Waals surface area contributed by atoms with Crippen molar-refractivity contribution in [3.63, 3.8) is 0 Å². The zero-order chi connectivity index (χ0) is 15.8. The molecule has 1 atom stereocenters. The summed E-state index contributed by atoms with van der Waals surface area (Å²) in [5.41, 5.74) is 6.89. The number of methoxy groups -OCH3 is 1. The molecule has 3 N–H and O–H groups in total. The Kier molecular flexibility index (Phi) is 6.98. The number of nitrogen functional groups attached to an aromatic ring is 1. The second kappa shape index (κ2) is 8.49. The minimum atomic E-state index is -0.281. The molecule has 1 aromatic rings. The smallest absolute Gasteiger partial charge is 0.241 e. The molecule has 6 nitrogen and oxygen atoms in total. The molecule has 0 heterocycles. The fraction of sp³-hybridized carbons (Fsp3) is 0.533. The third-order valence-corrected chi connectivity index (χ3v) is 3.31. The van der Waals surface area contributed by atoms with Gasteiger partial charge in [-0.1, -0.05) is 0 Å². The number of nitrogens with one attached hydrogen (secondary N) is 1. The lowest BCUT2D eigenvalue weighted by atomic mass is 10.2. The summed E-state index contributed by atoms with van der Waals surface area (Å²) in [6, 6.07) is 4.86. The number of nitrogens with zero attached hydrogens (tertiary/aromatic N) is 1. The SMILES string of the molecule is CCOCCN(C)C(C)C(=O)Nc1cc(N)ccc1OC. The van der Waals surface area contributed by atoms with Gasteiger partial charge in [0.25, 0.3) is 0 Å². The Morgan fingerprint density at radius 3 is 2.81 bits per heavy atom. The number of likely N-dealkylation sites (N-methyl/N-ethyl adjacent to an activating group) is 1. The van der Waals surface area contributed by atoms with E-state index in [-0.39, 0.29) is 11.9 Å². The number of nitrogens with two attached hydrogens (primary N) is 1. The molecule has 21 heavy (non-hydrogen) atoms. The van der Waals surface area contributed by atoms with E-state index in [1.54, 1.807) is 25.3 Å². The molecule has 1 amide bonds. The Morgan fingerprint density at radius 1 is 1.48 bits per heavy atom. The first kappa shape index (κ1) is 17.3. The number of ether oxygens (including phenoxy) is 2. The van der Waals surface area contributed by atoms with E-state index >= 15 is 0 Å². The molecular weight excluding hydrogens is 270 g/mol. The summed E-state index contributed by atoms with van der Waals surface area (Å²) in [5, 5.41) is 2.85. The lowest BCUT2D eigenvalue weighted by Crippen LogP contribution is -2.41. The van der Waals surface area contributed by atoms with Gasteiger partial charge in [0.1, 0.15) is 5.75 Å². The van der Waals surface area contributed by atoms with E-state index in [0.717, 1.165) is 0 Å². The topological polar surface area (TPSA) is 76.8 Å². The van der Waals surface area contributed by atoms with E-state index in [4.69, 9.17) is 15.2 Å². The molecule has 6 heteroatoms. The van der Waals surface area contributed by atoms with Crippen LogP contribution < -0.4 is 15.8 Å². The van der Waals surface area contributed by atoms with Crippen LogP contribution in [0.2, 0.25) is 0 Å². The number of amides is 1. The lowest BCUT2D eigenvalue weighted by molar-refractivity contribution is -0.120. The van der Waals surface area contributed by atoms with Crippen molar-refractivity contribution in [1.29, 1.82) is 0 Å². The maximum absolute atomic E-state index is 12.3. The standard InChI is InChI=1S/C15H25N3O3/c1-5-21-9-8-18(3)11(2)15(19)17-13-10-12(16)6-7-14(13)20-4/h6-7,10-11H,5,8-9,16H2,1-4H3,(H,17,19). The van der Waals surface area contributed by atoms with Crippen LogP contribution in [0.25, 0.3) is 0 Å². The van der Waals surface area contributed by atoms with Crippen LogP contribution >= 0.6 is 0 Å². The van der Waals surface area contributed by atoms with Crippen LogP contribution in [0, 0.1) is 0 Å². The quantitative estimate of drug-likeness (QED) is 0.562. The van der Waals surface area contributed by atoms with Crippen molar-refractivity contribution in [2.45, 2.75) is 19.9 Å². The van der Waals surface area contributed by atoms with Crippen molar-refractivity contribution in [2.24, 2.45) is 0 Å². The van der Waals surface area contributed by atoms with Crippen LogP contribution in [-0.2, 0) is 9.53 Å². The van der Waals surface area contributed by atoms with Gasteiger partial charge in [-0.05, 0) is 39.1 Å². The fourth-order valence-corrected chi connectivity index (χ4v) is 1.81. The van der Waals surface area contributed by atoms with Gasteiger partial charge in [-0.15, -0.1) is 0 Å². The summed E-state index contributed by atoms with van der Waals surface area (Å²) in [6.07, 6.45) is 0. The van der Waals surface area contributed by atoms with Gasteiger partial charge in [0.05, 0.1) is 25.4 Å². The summed E-state index contributed by atoms with van der Waals surface area (Å²) >= 11 is 0. The predicted octanol–water partition coefficient (Wildman–Crippen LogP) is 1.57. The van der Waals surface area contributed by atoms with Gasteiger partial charge in [0, 0.05) is 18.8 Å². The third-order valence-electron chi connectivity index (χ3n) is 3.31. The molecule has 0 saturated carbocycles. The average Bonchev–Trinajstić information content (AvgIpc) is 2.46. The number of hydrogen-bond acceptors (Lipinski definition) is 5. The van der Waals surface area contributed by atoms with Gasteiger partial charge in [0.2, 0.25) is 5.91 Å². The number of hydrogen-bond donors (Lipinski definition) is 2. The number of carbonyl (C=O) groups excluding carboxylic acids is 1. The molecule has 0 bridgehead atoms. The molecule has 0 aliphatic rings. The molecule has 118 valence electrons. The van der Waals surface area contributed by atoms with Gasteiger partial charge in [-0.25, -0.2) is 0 Å². The number of rotatable bonds is 8. The van der Waals surface area contributed by atoms with Gasteiger partial charge < -0.3 is 20.5 Å². The molecule has 0 aromatic heterocycles.